The van der Waals surface area contributed by atoms with E-state index in [9.17, 15) is 0 Å². The minimum absolute atomic E-state index is 0.629. The first kappa shape index (κ1) is 33.1. The first-order chi connectivity index (χ1) is 29.3. The average Bonchev–Trinajstić information content (AvgIpc) is 3.95. The molecule has 5 aromatic heterocycles. The highest BCUT2D eigenvalue weighted by molar-refractivity contribution is 6.21. The molecule has 0 aliphatic heterocycles. The Hall–Kier alpha value is -8.09. The molecule has 0 N–H and O–H groups in total. The molecule has 0 saturated heterocycles. The summed E-state index contributed by atoms with van der Waals surface area (Å²) in [6.45, 7) is 0. The fraction of sp³-hybridized carbons (Fsp3) is 0. The van der Waals surface area contributed by atoms with Gasteiger partial charge in [0, 0.05) is 61.4 Å². The number of nitrogens with zero attached hydrogens (tertiary/aromatic N) is 6. The molecule has 0 bridgehead atoms. The largest absolute Gasteiger partial charge is 0.314 e. The second kappa shape index (κ2) is 13.3. The second-order valence-electron chi connectivity index (χ2n) is 14.9. The zero-order chi connectivity index (χ0) is 38.9. The Labute approximate surface area is 339 Å². The van der Waals surface area contributed by atoms with Crippen molar-refractivity contribution in [1.82, 2.24) is 28.5 Å². The Kier molecular flexibility index (Phi) is 7.43. The van der Waals surface area contributed by atoms with Crippen LogP contribution in [0, 0.1) is 0 Å². The molecule has 0 unspecified atom stereocenters. The van der Waals surface area contributed by atoms with E-state index in [1.807, 2.05) is 60.7 Å². The van der Waals surface area contributed by atoms with Crippen molar-refractivity contribution < 1.29 is 0 Å². The Morgan fingerprint density at radius 3 is 1.41 bits per heavy atom. The first-order valence-electron chi connectivity index (χ1n) is 19.9. The smallest absolute Gasteiger partial charge is 0.164 e. The summed E-state index contributed by atoms with van der Waals surface area (Å²) < 4.78 is 7.17. The van der Waals surface area contributed by atoms with E-state index in [0.29, 0.717) is 17.5 Å². The highest BCUT2D eigenvalue weighted by atomic mass is 15.0. The van der Waals surface area contributed by atoms with Crippen LogP contribution in [-0.4, -0.2) is 28.5 Å². The predicted octanol–water partition coefficient (Wildman–Crippen LogP) is 13.0. The molecule has 12 aromatic rings. The van der Waals surface area contributed by atoms with Gasteiger partial charge >= 0.3 is 0 Å². The topological polar surface area (TPSA) is 52.9 Å². The molecule has 6 nitrogen and oxygen atoms in total. The maximum Gasteiger partial charge on any atom is 0.164 e. The number of hydrogen-bond acceptors (Lipinski definition) is 3. The van der Waals surface area contributed by atoms with E-state index < -0.39 is 0 Å². The molecule has 0 radical (unpaired) electrons. The van der Waals surface area contributed by atoms with Gasteiger partial charge in [-0.05, 0) is 66.7 Å². The number of hydrogen-bond donors (Lipinski definition) is 0. The van der Waals surface area contributed by atoms with Crippen LogP contribution in [0.1, 0.15) is 0 Å². The number of aromatic nitrogens is 6. The normalized spacial score (nSPS) is 11.7. The van der Waals surface area contributed by atoms with Crippen LogP contribution in [0.15, 0.2) is 206 Å². The maximum absolute atomic E-state index is 5.01. The van der Waals surface area contributed by atoms with Gasteiger partial charge in [-0.2, -0.15) is 0 Å². The van der Waals surface area contributed by atoms with Crippen molar-refractivity contribution in [2.75, 3.05) is 0 Å². The molecule has 0 aliphatic carbocycles. The van der Waals surface area contributed by atoms with E-state index in [2.05, 4.69) is 159 Å². The molecule has 0 spiro atoms. The molecule has 276 valence electrons. The van der Waals surface area contributed by atoms with Gasteiger partial charge in [0.05, 0.1) is 33.3 Å². The Morgan fingerprint density at radius 1 is 0.322 bits per heavy atom. The van der Waals surface area contributed by atoms with Crippen molar-refractivity contribution in [3.05, 3.63) is 206 Å². The zero-order valence-electron chi connectivity index (χ0n) is 31.8. The van der Waals surface area contributed by atoms with Crippen LogP contribution >= 0.6 is 0 Å². The lowest BCUT2D eigenvalue weighted by molar-refractivity contribution is 1.07. The fourth-order valence-corrected chi connectivity index (χ4v) is 8.91. The minimum Gasteiger partial charge on any atom is -0.314 e. The molecule has 6 heteroatoms. The van der Waals surface area contributed by atoms with Crippen molar-refractivity contribution >= 4 is 49.1 Å². The number of para-hydroxylation sites is 3. The summed E-state index contributed by atoms with van der Waals surface area (Å²) in [4.78, 5) is 14.9. The van der Waals surface area contributed by atoms with Crippen LogP contribution in [-0.2, 0) is 0 Å². The van der Waals surface area contributed by atoms with Gasteiger partial charge in [0.1, 0.15) is 0 Å². The average molecular weight is 755 g/mol. The van der Waals surface area contributed by atoms with Gasteiger partial charge in [0.25, 0.3) is 0 Å². The quantitative estimate of drug-likeness (QED) is 0.170. The molecule has 59 heavy (non-hydrogen) atoms. The van der Waals surface area contributed by atoms with Crippen molar-refractivity contribution in [3.8, 4) is 56.8 Å². The predicted molar refractivity (Wildman–Crippen MR) is 241 cm³/mol. The van der Waals surface area contributed by atoms with E-state index in [1.54, 1.807) is 0 Å². The van der Waals surface area contributed by atoms with Gasteiger partial charge in [0.2, 0.25) is 0 Å². The molecule has 0 fully saturated rings. The summed E-state index contributed by atoms with van der Waals surface area (Å²) in [5, 5.41) is 4.92. The standard InChI is InChI=1S/C53H34N6/c1-3-16-35(17-4-1)51-54-52(36-18-5-2-6-19-36)56-53(55-51)37-29-31-39(32-30-37)59-46-27-12-9-24-43(46)48-47-28-13-14-33-57(47)49(50(48)59)38-20-15-21-40(34-38)58-44-25-10-7-22-41(44)42-23-8-11-26-45(42)58/h1-34H. The molecular formula is C53H34N6. The summed E-state index contributed by atoms with van der Waals surface area (Å²) in [6, 6.07) is 70.5. The van der Waals surface area contributed by atoms with Crippen LogP contribution in [0.5, 0.6) is 0 Å². The summed E-state index contributed by atoms with van der Waals surface area (Å²) in [6.07, 6.45) is 2.19. The lowest BCUT2D eigenvalue weighted by Crippen LogP contribution is -2.01. The van der Waals surface area contributed by atoms with Crippen LogP contribution < -0.4 is 0 Å². The van der Waals surface area contributed by atoms with Gasteiger partial charge < -0.3 is 13.5 Å². The molecular weight excluding hydrogens is 721 g/mol. The number of pyridine rings is 1. The van der Waals surface area contributed by atoms with Crippen molar-refractivity contribution in [2.45, 2.75) is 0 Å². The van der Waals surface area contributed by atoms with Crippen molar-refractivity contribution in [3.63, 3.8) is 0 Å². The van der Waals surface area contributed by atoms with Gasteiger partial charge in [-0.25, -0.2) is 15.0 Å². The van der Waals surface area contributed by atoms with Crippen molar-refractivity contribution in [2.24, 2.45) is 0 Å². The van der Waals surface area contributed by atoms with Gasteiger partial charge in [-0.3, -0.25) is 0 Å². The maximum atomic E-state index is 5.01. The monoisotopic (exact) mass is 754 g/mol. The Bertz CT molecular complexity index is 3430. The third-order valence-electron chi connectivity index (χ3n) is 11.5. The summed E-state index contributed by atoms with van der Waals surface area (Å²) in [5.41, 5.74) is 13.1. The molecule has 7 aromatic carbocycles. The molecule has 0 amide bonds. The van der Waals surface area contributed by atoms with Crippen LogP contribution in [0.3, 0.4) is 0 Å². The molecule has 12 rings (SSSR count). The molecule has 0 saturated carbocycles. The second-order valence-corrected chi connectivity index (χ2v) is 14.9. The van der Waals surface area contributed by atoms with Gasteiger partial charge in [-0.15, -0.1) is 0 Å². The minimum atomic E-state index is 0.629. The third-order valence-corrected chi connectivity index (χ3v) is 11.5. The lowest BCUT2D eigenvalue weighted by atomic mass is 10.1. The molecule has 0 aliphatic rings. The highest BCUT2D eigenvalue weighted by Crippen LogP contribution is 2.43. The lowest BCUT2D eigenvalue weighted by Gasteiger charge is -2.14. The van der Waals surface area contributed by atoms with Crippen LogP contribution in [0.2, 0.25) is 0 Å². The van der Waals surface area contributed by atoms with Crippen LogP contribution in [0.4, 0.5) is 0 Å². The summed E-state index contributed by atoms with van der Waals surface area (Å²) in [7, 11) is 0. The highest BCUT2D eigenvalue weighted by Gasteiger charge is 2.24. The third kappa shape index (κ3) is 5.24. The number of benzene rings is 7. The molecule has 0 atom stereocenters. The van der Waals surface area contributed by atoms with E-state index in [4.69, 9.17) is 15.0 Å². The Balaban J connectivity index is 1.06. The van der Waals surface area contributed by atoms with E-state index in [0.717, 1.165) is 50.4 Å². The number of rotatable bonds is 6. The number of fused-ring (bicyclic) bond motifs is 8. The fourth-order valence-electron chi connectivity index (χ4n) is 8.91. The van der Waals surface area contributed by atoms with Gasteiger partial charge in [0.15, 0.2) is 17.5 Å². The van der Waals surface area contributed by atoms with Crippen molar-refractivity contribution in [1.29, 1.82) is 0 Å². The SMILES string of the molecule is c1ccc(-c2nc(-c3ccccc3)nc(-c3ccc(-n4c5ccccc5c5c4c(-c4cccc(-n6c7ccccc7c7ccccc76)c4)n4ccccc54)cc3)n2)cc1. The van der Waals surface area contributed by atoms with Gasteiger partial charge in [-0.1, -0.05) is 133 Å². The Morgan fingerprint density at radius 2 is 0.797 bits per heavy atom. The van der Waals surface area contributed by atoms with E-state index >= 15 is 0 Å². The molecule has 5 heterocycles. The van der Waals surface area contributed by atoms with Crippen LogP contribution in [0.25, 0.3) is 106 Å². The summed E-state index contributed by atoms with van der Waals surface area (Å²) >= 11 is 0. The summed E-state index contributed by atoms with van der Waals surface area (Å²) in [5.74, 6) is 1.92. The zero-order valence-corrected chi connectivity index (χ0v) is 31.8. The van der Waals surface area contributed by atoms with E-state index in [1.165, 1.54) is 38.1 Å². The van der Waals surface area contributed by atoms with E-state index in [-0.39, 0.29) is 0 Å². The first-order valence-corrected chi connectivity index (χ1v) is 19.9.